The van der Waals surface area contributed by atoms with Crippen molar-refractivity contribution < 1.29 is 14.6 Å². The Bertz CT molecular complexity index is 633. The molecule has 0 heterocycles. The number of ether oxygens (including phenoxy) is 1. The van der Waals surface area contributed by atoms with Crippen molar-refractivity contribution in [1.29, 1.82) is 0 Å². The van der Waals surface area contributed by atoms with E-state index in [9.17, 15) is 9.90 Å². The first-order valence-corrected chi connectivity index (χ1v) is 8.09. The van der Waals surface area contributed by atoms with E-state index in [-0.39, 0.29) is 17.3 Å². The molecular weight excluding hydrogens is 288 g/mol. The molecule has 23 heavy (non-hydrogen) atoms. The van der Waals surface area contributed by atoms with Crippen molar-refractivity contribution in [1.82, 2.24) is 0 Å². The molecule has 3 heteroatoms. The molecule has 1 N–H and O–H groups in total. The van der Waals surface area contributed by atoms with Gasteiger partial charge >= 0.3 is 5.97 Å². The third-order valence-electron chi connectivity index (χ3n) is 4.23. The molecule has 1 atom stereocenters. The van der Waals surface area contributed by atoms with E-state index in [1.807, 2.05) is 24.3 Å². The van der Waals surface area contributed by atoms with E-state index in [1.165, 1.54) is 7.11 Å². The summed E-state index contributed by atoms with van der Waals surface area (Å²) in [5.74, 6) is 0.348. The SMILES string of the molecule is COC(=O)CCc1cc(C2C=CC=CC2)c(O)c(C(C)(C)C)c1. The van der Waals surface area contributed by atoms with Crippen molar-refractivity contribution in [3.8, 4) is 5.75 Å². The van der Waals surface area contributed by atoms with E-state index in [4.69, 9.17) is 4.74 Å². The fourth-order valence-corrected chi connectivity index (χ4v) is 2.88. The highest BCUT2D eigenvalue weighted by molar-refractivity contribution is 5.69. The second kappa shape index (κ2) is 7.03. The Morgan fingerprint density at radius 3 is 2.61 bits per heavy atom. The molecule has 0 fully saturated rings. The Morgan fingerprint density at radius 2 is 2.04 bits per heavy atom. The van der Waals surface area contributed by atoms with Gasteiger partial charge in [0, 0.05) is 17.9 Å². The number of hydrogen-bond donors (Lipinski definition) is 1. The van der Waals surface area contributed by atoms with Gasteiger partial charge < -0.3 is 9.84 Å². The third-order valence-corrected chi connectivity index (χ3v) is 4.23. The van der Waals surface area contributed by atoms with Crippen LogP contribution in [0.1, 0.15) is 56.2 Å². The Morgan fingerprint density at radius 1 is 1.30 bits per heavy atom. The Labute approximate surface area is 138 Å². The number of allylic oxidation sites excluding steroid dienone is 4. The predicted octanol–water partition coefficient (Wildman–Crippen LogP) is 4.40. The van der Waals surface area contributed by atoms with E-state index < -0.39 is 0 Å². The molecule has 0 bridgehead atoms. The monoisotopic (exact) mass is 314 g/mol. The first-order valence-electron chi connectivity index (χ1n) is 8.09. The average molecular weight is 314 g/mol. The molecule has 0 aromatic heterocycles. The summed E-state index contributed by atoms with van der Waals surface area (Å²) in [6, 6.07) is 4.05. The number of methoxy groups -OCH3 is 1. The van der Waals surface area contributed by atoms with Gasteiger partial charge in [-0.15, -0.1) is 0 Å². The number of rotatable bonds is 4. The fourth-order valence-electron chi connectivity index (χ4n) is 2.88. The lowest BCUT2D eigenvalue weighted by atomic mass is 9.80. The molecule has 0 radical (unpaired) electrons. The molecule has 2 rings (SSSR count). The van der Waals surface area contributed by atoms with E-state index >= 15 is 0 Å². The smallest absolute Gasteiger partial charge is 0.305 e. The number of carbonyl (C=O) groups is 1. The summed E-state index contributed by atoms with van der Waals surface area (Å²) in [5.41, 5.74) is 2.78. The number of phenols is 1. The number of benzene rings is 1. The average Bonchev–Trinajstić information content (AvgIpc) is 2.53. The molecular formula is C20H26O3. The zero-order valence-corrected chi connectivity index (χ0v) is 14.4. The molecule has 0 aliphatic heterocycles. The van der Waals surface area contributed by atoms with Crippen LogP contribution >= 0.6 is 0 Å². The highest BCUT2D eigenvalue weighted by Gasteiger charge is 2.24. The number of aryl methyl sites for hydroxylation is 1. The first kappa shape index (κ1) is 17.3. The molecule has 124 valence electrons. The van der Waals surface area contributed by atoms with E-state index in [0.717, 1.165) is 23.1 Å². The van der Waals surface area contributed by atoms with Crippen LogP contribution in [-0.4, -0.2) is 18.2 Å². The van der Waals surface area contributed by atoms with Gasteiger partial charge in [0.05, 0.1) is 7.11 Å². The lowest BCUT2D eigenvalue weighted by Crippen LogP contribution is -2.14. The van der Waals surface area contributed by atoms with Crippen LogP contribution in [-0.2, 0) is 21.4 Å². The summed E-state index contributed by atoms with van der Waals surface area (Å²) >= 11 is 0. The van der Waals surface area contributed by atoms with Gasteiger partial charge in [0.15, 0.2) is 0 Å². The van der Waals surface area contributed by atoms with Crippen molar-refractivity contribution in [2.45, 2.75) is 51.4 Å². The van der Waals surface area contributed by atoms with Gasteiger partial charge in [-0.2, -0.15) is 0 Å². The summed E-state index contributed by atoms with van der Waals surface area (Å²) in [6.45, 7) is 6.27. The molecule has 1 unspecified atom stereocenters. The molecule has 0 amide bonds. The number of esters is 1. The van der Waals surface area contributed by atoms with Gasteiger partial charge in [-0.1, -0.05) is 57.2 Å². The molecule has 0 saturated carbocycles. The van der Waals surface area contributed by atoms with Crippen LogP contribution in [0.15, 0.2) is 36.4 Å². The van der Waals surface area contributed by atoms with Crippen molar-refractivity contribution in [2.24, 2.45) is 0 Å². The van der Waals surface area contributed by atoms with Crippen LogP contribution < -0.4 is 0 Å². The van der Waals surface area contributed by atoms with E-state index in [1.54, 1.807) is 0 Å². The van der Waals surface area contributed by atoms with Crippen LogP contribution in [0.2, 0.25) is 0 Å². The normalized spacial score (nSPS) is 17.3. The lowest BCUT2D eigenvalue weighted by Gasteiger charge is -2.25. The largest absolute Gasteiger partial charge is 0.507 e. The maximum absolute atomic E-state index is 11.4. The summed E-state index contributed by atoms with van der Waals surface area (Å²) in [5, 5.41) is 10.8. The zero-order chi connectivity index (χ0) is 17.0. The lowest BCUT2D eigenvalue weighted by molar-refractivity contribution is -0.140. The van der Waals surface area contributed by atoms with Gasteiger partial charge in [-0.25, -0.2) is 0 Å². The van der Waals surface area contributed by atoms with E-state index in [0.29, 0.717) is 18.6 Å². The van der Waals surface area contributed by atoms with Crippen LogP contribution in [0, 0.1) is 0 Å². The van der Waals surface area contributed by atoms with E-state index in [2.05, 4.69) is 32.9 Å². The van der Waals surface area contributed by atoms with Crippen molar-refractivity contribution in [3.63, 3.8) is 0 Å². The predicted molar refractivity (Wildman–Crippen MR) is 92.8 cm³/mol. The van der Waals surface area contributed by atoms with Gasteiger partial charge in [0.1, 0.15) is 5.75 Å². The highest BCUT2D eigenvalue weighted by Crippen LogP contribution is 2.40. The van der Waals surface area contributed by atoms with Gasteiger partial charge in [-0.05, 0) is 29.4 Å². The minimum Gasteiger partial charge on any atom is -0.507 e. The summed E-state index contributed by atoms with van der Waals surface area (Å²) in [4.78, 5) is 11.4. The minimum atomic E-state index is -0.211. The maximum Gasteiger partial charge on any atom is 0.305 e. The number of phenolic OH excluding ortho intramolecular Hbond substituents is 1. The topological polar surface area (TPSA) is 46.5 Å². The second-order valence-corrected chi connectivity index (χ2v) is 7.06. The first-order chi connectivity index (χ1) is 10.8. The molecule has 3 nitrogen and oxygen atoms in total. The van der Waals surface area contributed by atoms with Crippen molar-refractivity contribution in [2.75, 3.05) is 7.11 Å². The Kier molecular flexibility index (Phi) is 5.30. The molecule has 1 aromatic carbocycles. The third kappa shape index (κ3) is 4.25. The van der Waals surface area contributed by atoms with Crippen molar-refractivity contribution in [3.05, 3.63) is 53.1 Å². The van der Waals surface area contributed by atoms with Crippen LogP contribution in [0.3, 0.4) is 0 Å². The van der Waals surface area contributed by atoms with Gasteiger partial charge in [0.25, 0.3) is 0 Å². The minimum absolute atomic E-state index is 0.158. The van der Waals surface area contributed by atoms with Gasteiger partial charge in [0.2, 0.25) is 0 Å². The Balaban J connectivity index is 2.41. The maximum atomic E-state index is 11.4. The molecule has 1 aliphatic rings. The quantitative estimate of drug-likeness (QED) is 0.838. The molecule has 1 aromatic rings. The summed E-state index contributed by atoms with van der Waals surface area (Å²) in [6.07, 6.45) is 10.1. The molecule has 1 aliphatic carbocycles. The fraction of sp³-hybridized carbons (Fsp3) is 0.450. The van der Waals surface area contributed by atoms with Crippen LogP contribution in [0.25, 0.3) is 0 Å². The summed E-state index contributed by atoms with van der Waals surface area (Å²) in [7, 11) is 1.41. The number of aromatic hydroxyl groups is 1. The van der Waals surface area contributed by atoms with Crippen molar-refractivity contribution >= 4 is 5.97 Å². The number of carbonyl (C=O) groups excluding carboxylic acids is 1. The van der Waals surface area contributed by atoms with Gasteiger partial charge in [-0.3, -0.25) is 4.79 Å². The zero-order valence-electron chi connectivity index (χ0n) is 14.4. The highest BCUT2D eigenvalue weighted by atomic mass is 16.5. The Hall–Kier alpha value is -2.03. The summed E-state index contributed by atoms with van der Waals surface area (Å²) < 4.78 is 4.73. The molecule has 0 saturated heterocycles. The second-order valence-electron chi connectivity index (χ2n) is 7.06. The number of hydrogen-bond acceptors (Lipinski definition) is 3. The standard InChI is InChI=1S/C20H26O3/c1-20(2,3)17-13-14(10-11-18(21)23-4)12-16(19(17)22)15-8-6-5-7-9-15/h5-8,12-13,15,22H,9-11H2,1-4H3. The van der Waals surface area contributed by atoms with Crippen LogP contribution in [0.5, 0.6) is 5.75 Å². The molecule has 0 spiro atoms. The van der Waals surface area contributed by atoms with Crippen LogP contribution in [0.4, 0.5) is 0 Å².